The minimum Gasteiger partial charge on any atom is -0.502 e. The van der Waals surface area contributed by atoms with E-state index < -0.39 is 17.2 Å². The van der Waals surface area contributed by atoms with E-state index >= 15 is 0 Å². The van der Waals surface area contributed by atoms with Crippen molar-refractivity contribution >= 4 is 16.8 Å². The van der Waals surface area contributed by atoms with Crippen LogP contribution < -0.4 is 10.9 Å². The van der Waals surface area contributed by atoms with Gasteiger partial charge in [0.2, 0.25) is 0 Å². The first-order valence-corrected chi connectivity index (χ1v) is 9.31. The highest BCUT2D eigenvalue weighted by molar-refractivity contribution is 6.08. The fourth-order valence-electron chi connectivity index (χ4n) is 3.39. The SMILES string of the molecule is Cc1ccc2[nH]c(=O)c(O)c(C(=O)NCc3cccc(-c4ccccc4)c3)c2c1. The van der Waals surface area contributed by atoms with Crippen LogP contribution in [0.25, 0.3) is 22.0 Å². The van der Waals surface area contributed by atoms with Crippen LogP contribution in [-0.2, 0) is 6.54 Å². The number of amides is 1. The first-order valence-electron chi connectivity index (χ1n) is 9.31. The molecule has 0 aliphatic heterocycles. The minimum absolute atomic E-state index is 0.00772. The van der Waals surface area contributed by atoms with Crippen molar-refractivity contribution in [1.29, 1.82) is 0 Å². The molecule has 0 aliphatic carbocycles. The van der Waals surface area contributed by atoms with Gasteiger partial charge in [0.1, 0.15) is 0 Å². The maximum atomic E-state index is 12.8. The predicted octanol–water partition coefficient (Wildman–Crippen LogP) is 4.14. The van der Waals surface area contributed by atoms with E-state index in [2.05, 4.69) is 10.3 Å². The number of aromatic hydroxyl groups is 1. The molecule has 0 radical (unpaired) electrons. The Morgan fingerprint density at radius 2 is 1.72 bits per heavy atom. The number of pyridine rings is 1. The molecule has 0 saturated heterocycles. The van der Waals surface area contributed by atoms with E-state index in [-0.39, 0.29) is 12.1 Å². The van der Waals surface area contributed by atoms with Crippen LogP contribution in [0.1, 0.15) is 21.5 Å². The molecule has 4 aromatic rings. The predicted molar refractivity (Wildman–Crippen MR) is 114 cm³/mol. The molecule has 144 valence electrons. The lowest BCUT2D eigenvalue weighted by Gasteiger charge is -2.11. The van der Waals surface area contributed by atoms with E-state index in [1.165, 1.54) is 0 Å². The van der Waals surface area contributed by atoms with E-state index in [4.69, 9.17) is 0 Å². The second-order valence-corrected chi connectivity index (χ2v) is 6.98. The first-order chi connectivity index (χ1) is 14.0. The fraction of sp³-hybridized carbons (Fsp3) is 0.0833. The molecule has 0 spiro atoms. The summed E-state index contributed by atoms with van der Waals surface area (Å²) < 4.78 is 0. The average Bonchev–Trinajstić information content (AvgIpc) is 2.74. The molecule has 0 bridgehead atoms. The Morgan fingerprint density at radius 3 is 2.52 bits per heavy atom. The summed E-state index contributed by atoms with van der Waals surface area (Å²) in [6.07, 6.45) is 0. The lowest BCUT2D eigenvalue weighted by molar-refractivity contribution is 0.0949. The zero-order valence-electron chi connectivity index (χ0n) is 15.9. The number of benzene rings is 3. The van der Waals surface area contributed by atoms with E-state index in [0.717, 1.165) is 22.3 Å². The number of hydrogen-bond acceptors (Lipinski definition) is 3. The van der Waals surface area contributed by atoms with Crippen LogP contribution in [0.15, 0.2) is 77.6 Å². The Hall–Kier alpha value is -3.86. The van der Waals surface area contributed by atoms with Gasteiger partial charge in [-0.3, -0.25) is 9.59 Å². The Morgan fingerprint density at radius 1 is 0.966 bits per heavy atom. The lowest BCUT2D eigenvalue weighted by Crippen LogP contribution is -2.25. The molecule has 5 nitrogen and oxygen atoms in total. The number of aromatic nitrogens is 1. The molecule has 0 atom stereocenters. The number of aromatic amines is 1. The number of aryl methyl sites for hydroxylation is 1. The summed E-state index contributed by atoms with van der Waals surface area (Å²) in [5.41, 5.74) is 3.81. The van der Waals surface area contributed by atoms with Crippen molar-refractivity contribution in [2.24, 2.45) is 0 Å². The van der Waals surface area contributed by atoms with Crippen LogP contribution in [0.4, 0.5) is 0 Å². The molecule has 29 heavy (non-hydrogen) atoms. The number of fused-ring (bicyclic) bond motifs is 1. The molecule has 0 fully saturated rings. The summed E-state index contributed by atoms with van der Waals surface area (Å²) >= 11 is 0. The van der Waals surface area contributed by atoms with Gasteiger partial charge in [-0.05, 0) is 41.8 Å². The van der Waals surface area contributed by atoms with Crippen LogP contribution in [0, 0.1) is 6.92 Å². The van der Waals surface area contributed by atoms with E-state index in [9.17, 15) is 14.7 Å². The standard InChI is InChI=1S/C24H20N2O3/c1-15-10-11-20-19(12-15)21(22(27)24(29)26-20)23(28)25-14-16-6-5-9-18(13-16)17-7-3-2-4-8-17/h2-13,27H,14H2,1H3,(H,25,28)(H,26,29). The molecule has 0 saturated carbocycles. The molecule has 5 heteroatoms. The van der Waals surface area contributed by atoms with Crippen LogP contribution in [0.3, 0.4) is 0 Å². The largest absolute Gasteiger partial charge is 0.502 e. The fourth-order valence-corrected chi connectivity index (χ4v) is 3.39. The van der Waals surface area contributed by atoms with Gasteiger partial charge in [-0.15, -0.1) is 0 Å². The summed E-state index contributed by atoms with van der Waals surface area (Å²) in [4.78, 5) is 27.5. The lowest BCUT2D eigenvalue weighted by atomic mass is 10.0. The zero-order valence-corrected chi connectivity index (χ0v) is 15.9. The van der Waals surface area contributed by atoms with Gasteiger partial charge in [0.15, 0.2) is 5.75 Å². The van der Waals surface area contributed by atoms with Gasteiger partial charge in [0, 0.05) is 17.4 Å². The van der Waals surface area contributed by atoms with Crippen molar-refractivity contribution in [2.75, 3.05) is 0 Å². The van der Waals surface area contributed by atoms with Gasteiger partial charge < -0.3 is 15.4 Å². The number of carbonyl (C=O) groups excluding carboxylic acids is 1. The smallest absolute Gasteiger partial charge is 0.291 e. The summed E-state index contributed by atoms with van der Waals surface area (Å²) in [5, 5.41) is 13.6. The molecule has 1 aromatic heterocycles. The van der Waals surface area contributed by atoms with Crippen molar-refractivity contribution in [2.45, 2.75) is 13.5 Å². The van der Waals surface area contributed by atoms with Gasteiger partial charge >= 0.3 is 0 Å². The Kier molecular flexibility index (Phi) is 4.87. The van der Waals surface area contributed by atoms with Gasteiger partial charge in [-0.25, -0.2) is 0 Å². The third-order valence-corrected chi connectivity index (χ3v) is 4.86. The number of nitrogens with one attached hydrogen (secondary N) is 2. The molecular formula is C24H20N2O3. The van der Waals surface area contributed by atoms with Crippen molar-refractivity contribution < 1.29 is 9.90 Å². The number of H-pyrrole nitrogens is 1. The van der Waals surface area contributed by atoms with Crippen LogP contribution in [-0.4, -0.2) is 16.0 Å². The molecule has 4 rings (SSSR count). The molecule has 0 unspecified atom stereocenters. The summed E-state index contributed by atoms with van der Waals surface area (Å²) in [6, 6.07) is 23.2. The van der Waals surface area contributed by atoms with Crippen LogP contribution >= 0.6 is 0 Å². The molecular weight excluding hydrogens is 364 g/mol. The monoisotopic (exact) mass is 384 g/mol. The third kappa shape index (κ3) is 3.75. The highest BCUT2D eigenvalue weighted by Crippen LogP contribution is 2.24. The van der Waals surface area contributed by atoms with E-state index in [0.29, 0.717) is 10.9 Å². The highest BCUT2D eigenvalue weighted by Gasteiger charge is 2.18. The topological polar surface area (TPSA) is 82.2 Å². The maximum Gasteiger partial charge on any atom is 0.291 e. The molecule has 0 aliphatic rings. The van der Waals surface area contributed by atoms with Crippen molar-refractivity contribution in [3.8, 4) is 16.9 Å². The van der Waals surface area contributed by atoms with Crippen LogP contribution in [0.2, 0.25) is 0 Å². The summed E-state index contributed by atoms with van der Waals surface area (Å²) in [7, 11) is 0. The van der Waals surface area contributed by atoms with Crippen LogP contribution in [0.5, 0.6) is 5.75 Å². The Bertz CT molecular complexity index is 1260. The summed E-state index contributed by atoms with van der Waals surface area (Å²) in [5.74, 6) is -1.06. The molecule has 3 aromatic carbocycles. The quantitative estimate of drug-likeness (QED) is 0.495. The van der Waals surface area contributed by atoms with Crippen molar-refractivity contribution in [3.05, 3.63) is 99.8 Å². The third-order valence-electron chi connectivity index (χ3n) is 4.86. The molecule has 1 heterocycles. The normalized spacial score (nSPS) is 10.8. The number of carbonyl (C=O) groups is 1. The Labute approximate surface area is 167 Å². The van der Waals surface area contributed by atoms with Crippen molar-refractivity contribution in [3.63, 3.8) is 0 Å². The first kappa shape index (κ1) is 18.5. The number of hydrogen-bond donors (Lipinski definition) is 3. The van der Waals surface area contributed by atoms with Gasteiger partial charge in [-0.1, -0.05) is 60.2 Å². The second kappa shape index (κ2) is 7.64. The van der Waals surface area contributed by atoms with E-state index in [1.807, 2.05) is 67.6 Å². The van der Waals surface area contributed by atoms with Crippen molar-refractivity contribution in [1.82, 2.24) is 10.3 Å². The minimum atomic E-state index is -0.683. The average molecular weight is 384 g/mol. The number of rotatable bonds is 4. The van der Waals surface area contributed by atoms with E-state index in [1.54, 1.807) is 12.1 Å². The highest BCUT2D eigenvalue weighted by atomic mass is 16.3. The van der Waals surface area contributed by atoms with Gasteiger partial charge in [-0.2, -0.15) is 0 Å². The molecule has 1 amide bonds. The van der Waals surface area contributed by atoms with Gasteiger partial charge in [0.05, 0.1) is 5.56 Å². The zero-order chi connectivity index (χ0) is 20.4. The molecule has 3 N–H and O–H groups in total. The second-order valence-electron chi connectivity index (χ2n) is 6.98. The summed E-state index contributed by atoms with van der Waals surface area (Å²) in [6.45, 7) is 2.16. The Balaban J connectivity index is 1.62. The van der Waals surface area contributed by atoms with Gasteiger partial charge in [0.25, 0.3) is 11.5 Å². The maximum absolute atomic E-state index is 12.8.